The number of para-hydroxylation sites is 1. The molecular weight excluding hydrogens is 962 g/mol. The molecule has 382 valence electrons. The number of fused-ring (bicyclic) bond motifs is 3. The largest absolute Gasteiger partial charge is 0.488 e. The molecule has 0 radical (unpaired) electrons. The van der Waals surface area contributed by atoms with Crippen LogP contribution in [0, 0.1) is 11.3 Å². The number of carbonyl (C=O) groups excluding carboxylic acids is 5. The molecule has 1 aromatic heterocycles. The van der Waals surface area contributed by atoms with E-state index in [-0.39, 0.29) is 74.8 Å². The van der Waals surface area contributed by atoms with E-state index < -0.39 is 24.0 Å². The molecule has 3 N–H and O–H groups in total. The van der Waals surface area contributed by atoms with Crippen LogP contribution in [0.1, 0.15) is 70.4 Å². The number of benzene rings is 4. The summed E-state index contributed by atoms with van der Waals surface area (Å²) in [6, 6.07) is 26.0. The summed E-state index contributed by atoms with van der Waals surface area (Å²) in [6.45, 7) is 8.44. The molecule has 1 unspecified atom stereocenters. The number of aromatic nitrogens is 2. The number of nitriles is 1. The van der Waals surface area contributed by atoms with Crippen molar-refractivity contribution in [3.8, 4) is 17.8 Å². The van der Waals surface area contributed by atoms with Gasteiger partial charge in [0.25, 0.3) is 11.8 Å². The van der Waals surface area contributed by atoms with Gasteiger partial charge in [-0.05, 0) is 80.1 Å². The van der Waals surface area contributed by atoms with Crippen molar-refractivity contribution in [3.63, 3.8) is 0 Å². The number of amides is 6. The summed E-state index contributed by atoms with van der Waals surface area (Å²) in [5.74, 6) is -0.154. The number of likely N-dealkylation sites (tertiary alicyclic amines) is 1. The lowest BCUT2D eigenvalue weighted by atomic mass is 10.0. The Morgan fingerprint density at radius 3 is 2.53 bits per heavy atom. The van der Waals surface area contributed by atoms with Crippen molar-refractivity contribution in [2.45, 2.75) is 82.8 Å². The Labute approximate surface area is 434 Å². The van der Waals surface area contributed by atoms with Crippen LogP contribution >= 0.6 is 11.6 Å². The number of anilines is 2. The second kappa shape index (κ2) is 21.8. The molecule has 0 spiro atoms. The summed E-state index contributed by atoms with van der Waals surface area (Å²) in [5, 5.41) is 20.9. The minimum absolute atomic E-state index is 0.0997. The first-order valence-corrected chi connectivity index (χ1v) is 25.5. The summed E-state index contributed by atoms with van der Waals surface area (Å²) in [6.07, 6.45) is 3.37. The normalized spacial score (nSPS) is 19.7. The Bertz CT molecular complexity index is 3080. The molecular formula is C55H58ClN11O7. The minimum Gasteiger partial charge on any atom is -0.488 e. The van der Waals surface area contributed by atoms with Gasteiger partial charge in [-0.15, -0.1) is 0 Å². The Morgan fingerprint density at radius 2 is 1.72 bits per heavy atom. The maximum absolute atomic E-state index is 14.2. The summed E-state index contributed by atoms with van der Waals surface area (Å²) in [7, 11) is 2.11. The van der Waals surface area contributed by atoms with Crippen molar-refractivity contribution in [1.29, 1.82) is 5.26 Å². The van der Waals surface area contributed by atoms with E-state index in [1.807, 2.05) is 30.3 Å². The van der Waals surface area contributed by atoms with Crippen LogP contribution in [-0.2, 0) is 47.0 Å². The van der Waals surface area contributed by atoms with Crippen LogP contribution in [0.15, 0.2) is 91.0 Å². The summed E-state index contributed by atoms with van der Waals surface area (Å²) in [5.41, 5.74) is 5.84. The zero-order valence-corrected chi connectivity index (χ0v) is 42.0. The number of urea groups is 1. The number of hydrogen-bond donors (Lipinski definition) is 3. The fourth-order valence-corrected chi connectivity index (χ4v) is 11.1. The zero-order valence-electron chi connectivity index (χ0n) is 41.3. The average Bonchev–Trinajstić information content (AvgIpc) is 3.98. The predicted octanol–water partition coefficient (Wildman–Crippen LogP) is 5.65. The standard InChI is InChI=1S/C55H58ClN11O7/c1-34(32-73-47-14-4-3-8-37(47)28-59-54(72)58-27-35-15-16-41-38(26-35)29-67(53(41)71)46-17-18-48(68)61-51(46)69)52(70)66-25-24-65(30-39(66)19-21-57)50-42-20-23-64(45-13-6-10-36-9-5-12-43(56)49(36)45)31-44(42)60-55(62-50)74-33-40-11-7-22-63(40)2/h3-6,8-10,12-16,26,39-40,46H,1,7,11,17-20,22-25,27-33H2,2H3,(H2,58,59,72)(H,61,68,69)/t39-,40-,46?/m0/s1. The fraction of sp³-hybridized carbons (Fsp3) is 0.382. The van der Waals surface area contributed by atoms with E-state index in [9.17, 15) is 29.2 Å². The number of nitrogens with zero attached hydrogens (tertiary/aromatic N) is 8. The van der Waals surface area contributed by atoms with Crippen LogP contribution < -0.4 is 35.2 Å². The van der Waals surface area contributed by atoms with Gasteiger partial charge in [-0.1, -0.05) is 72.8 Å². The highest BCUT2D eigenvalue weighted by atomic mass is 35.5. The average molecular weight is 1020 g/mol. The van der Waals surface area contributed by atoms with E-state index in [4.69, 9.17) is 31.0 Å². The van der Waals surface area contributed by atoms with Crippen molar-refractivity contribution in [2.75, 3.05) is 62.8 Å². The predicted molar refractivity (Wildman–Crippen MR) is 277 cm³/mol. The van der Waals surface area contributed by atoms with Crippen LogP contribution in [0.25, 0.3) is 10.8 Å². The molecule has 3 fully saturated rings. The topological polar surface area (TPSA) is 206 Å². The molecule has 19 heteroatoms. The summed E-state index contributed by atoms with van der Waals surface area (Å²) in [4.78, 5) is 84.5. The molecule has 0 aliphatic carbocycles. The van der Waals surface area contributed by atoms with Gasteiger partial charge in [0, 0.05) is 91.6 Å². The van der Waals surface area contributed by atoms with Crippen molar-refractivity contribution in [3.05, 3.63) is 130 Å². The van der Waals surface area contributed by atoms with Gasteiger partial charge in [-0.3, -0.25) is 24.5 Å². The van der Waals surface area contributed by atoms with Crippen LogP contribution in [0.5, 0.6) is 11.8 Å². The van der Waals surface area contributed by atoms with Crippen LogP contribution in [0.3, 0.4) is 0 Å². The third-order valence-electron chi connectivity index (χ3n) is 14.8. The SMILES string of the molecule is C=C(COc1ccccc1CNC(=O)NCc1ccc2c(c1)CN(C1CCC(=O)NC1=O)C2=O)C(=O)N1CCN(c2nc(OC[C@@H]3CCCN3C)nc3c2CCN(c2cccc4cccc(Cl)c24)C3)C[C@@H]1CC#N. The quantitative estimate of drug-likeness (QED) is 0.0859. The van der Waals surface area contributed by atoms with Crippen LogP contribution in [-0.4, -0.2) is 125 Å². The number of halogens is 1. The van der Waals surface area contributed by atoms with E-state index in [2.05, 4.69) is 74.6 Å². The van der Waals surface area contributed by atoms with E-state index in [1.165, 1.54) is 4.90 Å². The highest BCUT2D eigenvalue weighted by molar-refractivity contribution is 6.36. The number of hydrogen-bond acceptors (Lipinski definition) is 13. The number of nitrogens with one attached hydrogen (secondary N) is 3. The lowest BCUT2D eigenvalue weighted by molar-refractivity contribution is -0.137. The maximum Gasteiger partial charge on any atom is 0.318 e. The third kappa shape index (κ3) is 10.5. The summed E-state index contributed by atoms with van der Waals surface area (Å²) >= 11 is 6.79. The second-order valence-corrected chi connectivity index (χ2v) is 19.9. The van der Waals surface area contributed by atoms with Crippen molar-refractivity contribution in [1.82, 2.24) is 40.6 Å². The zero-order chi connectivity index (χ0) is 51.5. The van der Waals surface area contributed by atoms with Crippen LogP contribution in [0.2, 0.25) is 5.02 Å². The lowest BCUT2D eigenvalue weighted by Gasteiger charge is -2.42. The minimum atomic E-state index is -0.710. The van der Waals surface area contributed by atoms with Gasteiger partial charge in [0.05, 0.1) is 35.8 Å². The lowest BCUT2D eigenvalue weighted by Crippen LogP contribution is -2.56. The number of rotatable bonds is 15. The van der Waals surface area contributed by atoms with E-state index in [0.717, 1.165) is 64.0 Å². The maximum atomic E-state index is 14.2. The van der Waals surface area contributed by atoms with Crippen molar-refractivity contribution >= 4 is 63.5 Å². The van der Waals surface area contributed by atoms with Gasteiger partial charge in [0.15, 0.2) is 0 Å². The Morgan fingerprint density at radius 1 is 0.892 bits per heavy atom. The monoisotopic (exact) mass is 1020 g/mol. The number of piperidine rings is 1. The number of imide groups is 1. The molecule has 10 rings (SSSR count). The molecule has 18 nitrogen and oxygen atoms in total. The van der Waals surface area contributed by atoms with E-state index >= 15 is 0 Å². The van der Waals surface area contributed by atoms with E-state index in [1.54, 1.807) is 29.2 Å². The smallest absolute Gasteiger partial charge is 0.318 e. The number of carbonyl (C=O) groups is 5. The number of ether oxygens (including phenoxy) is 2. The van der Waals surface area contributed by atoms with Gasteiger partial charge in [-0.25, -0.2) is 4.79 Å². The fourth-order valence-electron chi connectivity index (χ4n) is 10.8. The Balaban J connectivity index is 0.759. The second-order valence-electron chi connectivity index (χ2n) is 19.5. The first kappa shape index (κ1) is 49.8. The Hall–Kier alpha value is -7.75. The molecule has 4 aromatic carbocycles. The summed E-state index contributed by atoms with van der Waals surface area (Å²) < 4.78 is 12.6. The Kier molecular flexibility index (Phi) is 14.6. The number of piperazine rings is 1. The molecule has 5 aliphatic rings. The van der Waals surface area contributed by atoms with Gasteiger partial charge < -0.3 is 44.6 Å². The molecule has 0 saturated carbocycles. The van der Waals surface area contributed by atoms with Crippen molar-refractivity contribution in [2.24, 2.45) is 0 Å². The van der Waals surface area contributed by atoms with Gasteiger partial charge >= 0.3 is 12.0 Å². The molecule has 6 amide bonds. The molecule has 0 bridgehead atoms. The van der Waals surface area contributed by atoms with Gasteiger partial charge in [-0.2, -0.15) is 15.2 Å². The first-order valence-electron chi connectivity index (χ1n) is 25.2. The van der Waals surface area contributed by atoms with Gasteiger partial charge in [0.2, 0.25) is 11.8 Å². The molecule has 5 aromatic rings. The van der Waals surface area contributed by atoms with E-state index in [0.29, 0.717) is 73.7 Å². The van der Waals surface area contributed by atoms with Crippen LogP contribution in [0.4, 0.5) is 16.3 Å². The highest BCUT2D eigenvalue weighted by Gasteiger charge is 2.40. The molecule has 3 saturated heterocycles. The molecule has 5 aliphatic heterocycles. The third-order valence-corrected chi connectivity index (χ3v) is 15.1. The van der Waals surface area contributed by atoms with Crippen molar-refractivity contribution < 1.29 is 33.4 Å². The molecule has 6 heterocycles. The first-order chi connectivity index (χ1) is 35.9. The highest BCUT2D eigenvalue weighted by Crippen LogP contribution is 2.38. The number of likely N-dealkylation sites (N-methyl/N-ethyl adjacent to an activating group) is 1. The molecule has 74 heavy (non-hydrogen) atoms. The molecule has 3 atom stereocenters. The van der Waals surface area contributed by atoms with Gasteiger partial charge in [0.1, 0.15) is 30.8 Å².